The Morgan fingerprint density at radius 3 is 2.36 bits per heavy atom. The lowest BCUT2D eigenvalue weighted by Gasteiger charge is -2.46. The van der Waals surface area contributed by atoms with Gasteiger partial charge in [0.25, 0.3) is 0 Å². The quantitative estimate of drug-likeness (QED) is 0.763. The van der Waals surface area contributed by atoms with Gasteiger partial charge in [0.1, 0.15) is 0 Å². The lowest BCUT2D eigenvalue weighted by Crippen LogP contribution is -2.43. The number of nitrogens with one attached hydrogen (secondary N) is 1. The SMILES string of the molecule is O=S(=O)(c1ccc2c(c1)C1CCCCC1C(C1CCCC1)N2)N1CCCCC1. The molecule has 2 aliphatic carbocycles. The van der Waals surface area contributed by atoms with Crippen LogP contribution in [0.3, 0.4) is 0 Å². The third-order valence-corrected chi connectivity index (χ3v) is 9.78. The Morgan fingerprint density at radius 2 is 1.57 bits per heavy atom. The first-order valence-corrected chi connectivity index (χ1v) is 13.0. The molecule has 4 aliphatic rings. The number of hydrogen-bond acceptors (Lipinski definition) is 3. The molecule has 0 amide bonds. The van der Waals surface area contributed by atoms with Crippen LogP contribution in [0.2, 0.25) is 0 Å². The van der Waals surface area contributed by atoms with Crippen molar-refractivity contribution in [3.63, 3.8) is 0 Å². The second-order valence-corrected chi connectivity index (χ2v) is 11.4. The molecule has 3 fully saturated rings. The van der Waals surface area contributed by atoms with Gasteiger partial charge in [-0.05, 0) is 80.0 Å². The molecule has 0 spiro atoms. The van der Waals surface area contributed by atoms with Crippen LogP contribution in [0.4, 0.5) is 5.69 Å². The van der Waals surface area contributed by atoms with Crippen LogP contribution >= 0.6 is 0 Å². The summed E-state index contributed by atoms with van der Waals surface area (Å²) in [5.74, 6) is 2.01. The molecule has 1 saturated heterocycles. The predicted molar refractivity (Wildman–Crippen MR) is 113 cm³/mol. The Hall–Kier alpha value is -1.07. The summed E-state index contributed by atoms with van der Waals surface area (Å²) in [7, 11) is -3.36. The van der Waals surface area contributed by atoms with Gasteiger partial charge in [-0.25, -0.2) is 8.42 Å². The molecule has 28 heavy (non-hydrogen) atoms. The van der Waals surface area contributed by atoms with Crippen molar-refractivity contribution in [2.45, 2.75) is 87.5 Å². The minimum Gasteiger partial charge on any atom is -0.381 e. The van der Waals surface area contributed by atoms with E-state index in [-0.39, 0.29) is 0 Å². The van der Waals surface area contributed by atoms with Gasteiger partial charge >= 0.3 is 0 Å². The van der Waals surface area contributed by atoms with Crippen LogP contribution in [0, 0.1) is 11.8 Å². The van der Waals surface area contributed by atoms with Gasteiger partial charge in [0.15, 0.2) is 0 Å². The summed E-state index contributed by atoms with van der Waals surface area (Å²) in [6.45, 7) is 1.35. The Kier molecular flexibility index (Phi) is 5.16. The van der Waals surface area contributed by atoms with E-state index in [0.29, 0.717) is 35.9 Å². The Bertz CT molecular complexity index is 810. The number of nitrogens with zero attached hydrogens (tertiary/aromatic N) is 1. The van der Waals surface area contributed by atoms with Gasteiger partial charge in [0.2, 0.25) is 10.0 Å². The fourth-order valence-corrected chi connectivity index (χ4v) is 7.99. The zero-order chi connectivity index (χ0) is 19.1. The van der Waals surface area contributed by atoms with E-state index in [0.717, 1.165) is 25.2 Å². The van der Waals surface area contributed by atoms with E-state index >= 15 is 0 Å². The molecule has 0 aromatic heterocycles. The van der Waals surface area contributed by atoms with Crippen molar-refractivity contribution < 1.29 is 8.42 Å². The Morgan fingerprint density at radius 1 is 0.857 bits per heavy atom. The largest absolute Gasteiger partial charge is 0.381 e. The maximum atomic E-state index is 13.2. The van der Waals surface area contributed by atoms with Gasteiger partial charge < -0.3 is 5.32 Å². The van der Waals surface area contributed by atoms with Gasteiger partial charge in [0, 0.05) is 24.8 Å². The van der Waals surface area contributed by atoms with Crippen molar-refractivity contribution >= 4 is 15.7 Å². The summed E-state index contributed by atoms with van der Waals surface area (Å²) in [5, 5.41) is 3.89. The first-order valence-electron chi connectivity index (χ1n) is 11.6. The van der Waals surface area contributed by atoms with Gasteiger partial charge in [0.05, 0.1) is 4.90 Å². The molecular formula is C23H34N2O2S. The molecule has 2 saturated carbocycles. The predicted octanol–water partition coefficient (Wildman–Crippen LogP) is 5.12. The second kappa shape index (κ2) is 7.64. The molecule has 3 atom stereocenters. The van der Waals surface area contributed by atoms with Crippen molar-refractivity contribution in [3.8, 4) is 0 Å². The lowest BCUT2D eigenvalue weighted by atomic mass is 9.66. The lowest BCUT2D eigenvalue weighted by molar-refractivity contribution is 0.218. The number of anilines is 1. The summed E-state index contributed by atoms with van der Waals surface area (Å²) in [4.78, 5) is 0.513. The van der Waals surface area contributed by atoms with E-state index in [4.69, 9.17) is 0 Å². The van der Waals surface area contributed by atoms with E-state index in [1.807, 2.05) is 12.1 Å². The molecule has 2 aliphatic heterocycles. The third-order valence-electron chi connectivity index (χ3n) is 7.89. The Balaban J connectivity index is 1.48. The van der Waals surface area contributed by atoms with Gasteiger partial charge in [-0.15, -0.1) is 0 Å². The molecule has 3 unspecified atom stereocenters. The fraction of sp³-hybridized carbons (Fsp3) is 0.739. The van der Waals surface area contributed by atoms with E-state index in [1.54, 1.807) is 4.31 Å². The number of benzene rings is 1. The standard InChI is InChI=1S/C23H34N2O2S/c26-28(27,25-14-6-1-7-15-25)18-12-13-22-21(16-18)19-10-4-5-11-20(19)23(24-22)17-8-2-3-9-17/h12-13,16-17,19-20,23-24H,1-11,14-15H2. The van der Waals surface area contributed by atoms with Crippen molar-refractivity contribution in [3.05, 3.63) is 23.8 Å². The molecule has 1 N–H and O–H groups in total. The summed E-state index contributed by atoms with van der Waals surface area (Å²) in [6.07, 6.45) is 13.7. The molecule has 154 valence electrons. The van der Waals surface area contributed by atoms with Crippen LogP contribution in [-0.4, -0.2) is 31.9 Å². The molecule has 1 aromatic carbocycles. The first-order chi connectivity index (χ1) is 13.6. The maximum absolute atomic E-state index is 13.2. The van der Waals surface area contributed by atoms with Gasteiger partial charge in [-0.3, -0.25) is 0 Å². The van der Waals surface area contributed by atoms with Crippen molar-refractivity contribution in [1.29, 1.82) is 0 Å². The first kappa shape index (κ1) is 18.9. The summed E-state index contributed by atoms with van der Waals surface area (Å²) < 4.78 is 28.1. The molecule has 0 bridgehead atoms. The molecule has 5 rings (SSSR count). The average molecular weight is 403 g/mol. The molecule has 5 heteroatoms. The molecule has 4 nitrogen and oxygen atoms in total. The highest BCUT2D eigenvalue weighted by Gasteiger charge is 2.42. The van der Waals surface area contributed by atoms with E-state index in [2.05, 4.69) is 11.4 Å². The summed E-state index contributed by atoms with van der Waals surface area (Å²) >= 11 is 0. The fourth-order valence-electron chi connectivity index (χ4n) is 6.44. The zero-order valence-electron chi connectivity index (χ0n) is 16.9. The molecule has 1 aromatic rings. The van der Waals surface area contributed by atoms with Crippen LogP contribution in [0.15, 0.2) is 23.1 Å². The second-order valence-electron chi connectivity index (χ2n) is 9.48. The van der Waals surface area contributed by atoms with Gasteiger partial charge in [-0.1, -0.05) is 32.1 Å². The molecular weight excluding hydrogens is 368 g/mol. The topological polar surface area (TPSA) is 49.4 Å². The van der Waals surface area contributed by atoms with E-state index in [9.17, 15) is 8.42 Å². The average Bonchev–Trinajstić information content (AvgIpc) is 3.28. The number of fused-ring (bicyclic) bond motifs is 3. The van der Waals surface area contributed by atoms with Crippen LogP contribution in [0.1, 0.15) is 82.1 Å². The van der Waals surface area contributed by atoms with Gasteiger partial charge in [-0.2, -0.15) is 4.31 Å². The van der Waals surface area contributed by atoms with Crippen LogP contribution in [0.25, 0.3) is 0 Å². The maximum Gasteiger partial charge on any atom is 0.243 e. The number of hydrogen-bond donors (Lipinski definition) is 1. The molecule has 0 radical (unpaired) electrons. The normalized spacial score (nSPS) is 31.8. The minimum absolute atomic E-state index is 0.513. The van der Waals surface area contributed by atoms with E-state index in [1.165, 1.54) is 62.6 Å². The van der Waals surface area contributed by atoms with Crippen molar-refractivity contribution in [2.75, 3.05) is 18.4 Å². The highest BCUT2D eigenvalue weighted by Crippen LogP contribution is 2.50. The van der Waals surface area contributed by atoms with Crippen molar-refractivity contribution in [1.82, 2.24) is 4.31 Å². The van der Waals surface area contributed by atoms with Crippen LogP contribution in [-0.2, 0) is 10.0 Å². The van der Waals surface area contributed by atoms with Crippen molar-refractivity contribution in [2.24, 2.45) is 11.8 Å². The van der Waals surface area contributed by atoms with E-state index < -0.39 is 10.0 Å². The van der Waals surface area contributed by atoms with Crippen LogP contribution in [0.5, 0.6) is 0 Å². The zero-order valence-corrected chi connectivity index (χ0v) is 17.7. The monoisotopic (exact) mass is 402 g/mol. The van der Waals surface area contributed by atoms with Crippen LogP contribution < -0.4 is 5.32 Å². The molecule has 2 heterocycles. The minimum atomic E-state index is -3.36. The highest BCUT2D eigenvalue weighted by molar-refractivity contribution is 7.89. The summed E-state index contributed by atoms with van der Waals surface area (Å²) in [5.41, 5.74) is 2.48. The smallest absolute Gasteiger partial charge is 0.243 e. The Labute approximate surface area is 170 Å². The highest BCUT2D eigenvalue weighted by atomic mass is 32.2. The number of piperidine rings is 1. The number of sulfonamides is 1. The summed E-state index contributed by atoms with van der Waals surface area (Å²) in [6, 6.07) is 6.54. The number of rotatable bonds is 3. The third kappa shape index (κ3) is 3.28.